The predicted molar refractivity (Wildman–Crippen MR) is 140 cm³/mol. The SMILES string of the molecule is CCN=C1S/C(=C\c2cc(OC)c(OCc3ccc(Cl)c(Cl)c3)c(Br)c2Br)C(=O)N1CC. The molecule has 32 heavy (non-hydrogen) atoms. The first-order valence-corrected chi connectivity index (χ1v) is 12.8. The van der Waals surface area contributed by atoms with Crippen LogP contribution in [0.5, 0.6) is 11.5 Å². The van der Waals surface area contributed by atoms with Crippen LogP contribution in [0.1, 0.15) is 25.0 Å². The zero-order chi connectivity index (χ0) is 23.4. The third-order valence-electron chi connectivity index (χ3n) is 4.53. The molecule has 2 aromatic rings. The molecule has 2 aromatic carbocycles. The van der Waals surface area contributed by atoms with Gasteiger partial charge >= 0.3 is 0 Å². The lowest BCUT2D eigenvalue weighted by molar-refractivity contribution is -0.122. The van der Waals surface area contributed by atoms with Crippen LogP contribution in [0.4, 0.5) is 0 Å². The second kappa shape index (κ2) is 11.3. The molecule has 1 aliphatic heterocycles. The summed E-state index contributed by atoms with van der Waals surface area (Å²) in [6.07, 6.45) is 1.83. The summed E-state index contributed by atoms with van der Waals surface area (Å²) in [5.74, 6) is 0.991. The average Bonchev–Trinajstić information content (AvgIpc) is 3.07. The minimum Gasteiger partial charge on any atom is -0.493 e. The Morgan fingerprint density at radius 2 is 1.91 bits per heavy atom. The van der Waals surface area contributed by atoms with Gasteiger partial charge in [-0.3, -0.25) is 14.7 Å². The molecule has 0 aromatic heterocycles. The highest BCUT2D eigenvalue weighted by Gasteiger charge is 2.32. The normalized spacial score (nSPS) is 16.3. The Bertz CT molecular complexity index is 1110. The number of methoxy groups -OCH3 is 1. The van der Waals surface area contributed by atoms with Gasteiger partial charge in [-0.2, -0.15) is 0 Å². The van der Waals surface area contributed by atoms with Crippen LogP contribution in [-0.4, -0.2) is 36.2 Å². The van der Waals surface area contributed by atoms with Crippen LogP contribution in [0.3, 0.4) is 0 Å². The second-order valence-corrected chi connectivity index (χ2v) is 9.99. The number of halogens is 4. The number of benzene rings is 2. The minimum absolute atomic E-state index is 0.0633. The van der Waals surface area contributed by atoms with E-state index in [1.54, 1.807) is 24.1 Å². The summed E-state index contributed by atoms with van der Waals surface area (Å²) in [5.41, 5.74) is 1.64. The maximum atomic E-state index is 12.8. The van der Waals surface area contributed by atoms with Crippen molar-refractivity contribution in [1.29, 1.82) is 0 Å². The van der Waals surface area contributed by atoms with Gasteiger partial charge in [0.15, 0.2) is 16.7 Å². The van der Waals surface area contributed by atoms with Gasteiger partial charge in [-0.05, 0) is 92.9 Å². The van der Waals surface area contributed by atoms with Crippen LogP contribution < -0.4 is 9.47 Å². The maximum Gasteiger partial charge on any atom is 0.266 e. The van der Waals surface area contributed by atoms with Gasteiger partial charge in [0.1, 0.15) is 6.61 Å². The number of thioether (sulfide) groups is 1. The zero-order valence-electron chi connectivity index (χ0n) is 17.5. The number of hydrogen-bond acceptors (Lipinski definition) is 5. The standard InChI is InChI=1S/C22H20Br2Cl2N2O3S/c1-4-27-22-28(5-2)21(29)17(32-22)10-13-9-16(30-3)20(19(24)18(13)23)31-11-12-6-7-14(25)15(26)8-12/h6-10H,4-5,11H2,1-3H3/b17-10-,27-22?. The second-order valence-electron chi connectivity index (χ2n) is 6.58. The lowest BCUT2D eigenvalue weighted by atomic mass is 10.1. The lowest BCUT2D eigenvalue weighted by Crippen LogP contribution is -2.28. The molecule has 1 amide bonds. The van der Waals surface area contributed by atoms with E-state index in [2.05, 4.69) is 36.9 Å². The van der Waals surface area contributed by atoms with E-state index < -0.39 is 0 Å². The Morgan fingerprint density at radius 3 is 2.53 bits per heavy atom. The molecule has 0 unspecified atom stereocenters. The lowest BCUT2D eigenvalue weighted by Gasteiger charge is -2.16. The number of ether oxygens (including phenoxy) is 2. The molecule has 1 heterocycles. The van der Waals surface area contributed by atoms with E-state index in [-0.39, 0.29) is 12.5 Å². The third kappa shape index (κ3) is 5.47. The molecule has 0 saturated carbocycles. The van der Waals surface area contributed by atoms with Gasteiger partial charge in [0.25, 0.3) is 5.91 Å². The molecule has 0 bridgehead atoms. The highest BCUT2D eigenvalue weighted by molar-refractivity contribution is 9.13. The zero-order valence-corrected chi connectivity index (χ0v) is 23.0. The van der Waals surface area contributed by atoms with Crippen LogP contribution in [0, 0.1) is 0 Å². The fraction of sp³-hybridized carbons (Fsp3) is 0.273. The van der Waals surface area contributed by atoms with Crippen molar-refractivity contribution in [3.8, 4) is 11.5 Å². The van der Waals surface area contributed by atoms with E-state index in [1.165, 1.54) is 11.8 Å². The van der Waals surface area contributed by atoms with Crippen molar-refractivity contribution < 1.29 is 14.3 Å². The van der Waals surface area contributed by atoms with E-state index in [4.69, 9.17) is 32.7 Å². The van der Waals surface area contributed by atoms with Crippen molar-refractivity contribution in [2.75, 3.05) is 20.2 Å². The van der Waals surface area contributed by atoms with E-state index in [0.29, 0.717) is 44.0 Å². The van der Waals surface area contributed by atoms with Gasteiger partial charge in [0.2, 0.25) is 0 Å². The highest BCUT2D eigenvalue weighted by Crippen LogP contribution is 2.45. The molecular formula is C22H20Br2Cl2N2O3S. The maximum absolute atomic E-state index is 12.8. The van der Waals surface area contributed by atoms with Gasteiger partial charge in [0, 0.05) is 17.6 Å². The van der Waals surface area contributed by atoms with Crippen LogP contribution in [0.2, 0.25) is 10.0 Å². The number of nitrogens with zero attached hydrogens (tertiary/aromatic N) is 2. The average molecular weight is 623 g/mol. The summed E-state index contributed by atoms with van der Waals surface area (Å²) < 4.78 is 13.0. The van der Waals surface area contributed by atoms with Crippen molar-refractivity contribution >= 4 is 84.0 Å². The number of carbonyl (C=O) groups is 1. The smallest absolute Gasteiger partial charge is 0.266 e. The molecule has 3 rings (SSSR count). The summed E-state index contributed by atoms with van der Waals surface area (Å²) in [7, 11) is 1.57. The first-order chi connectivity index (χ1) is 15.3. The molecule has 0 radical (unpaired) electrons. The molecule has 170 valence electrons. The number of rotatable bonds is 7. The summed E-state index contributed by atoms with van der Waals surface area (Å²) in [6, 6.07) is 7.16. The van der Waals surface area contributed by atoms with Crippen LogP contribution in [0.25, 0.3) is 6.08 Å². The van der Waals surface area contributed by atoms with Crippen molar-refractivity contribution in [2.24, 2.45) is 4.99 Å². The van der Waals surface area contributed by atoms with Gasteiger partial charge in [-0.15, -0.1) is 0 Å². The van der Waals surface area contributed by atoms with Gasteiger partial charge in [0.05, 0.1) is 26.5 Å². The Balaban J connectivity index is 1.92. The molecule has 0 spiro atoms. The van der Waals surface area contributed by atoms with Crippen molar-refractivity contribution in [3.05, 3.63) is 59.3 Å². The monoisotopic (exact) mass is 620 g/mol. The molecule has 5 nitrogen and oxygen atoms in total. The Labute approximate surface area is 218 Å². The van der Waals surface area contributed by atoms with E-state index >= 15 is 0 Å². The topological polar surface area (TPSA) is 51.1 Å². The Kier molecular flexibility index (Phi) is 8.97. The molecule has 1 aliphatic rings. The molecule has 0 atom stereocenters. The third-order valence-corrected chi connectivity index (χ3v) is 8.45. The fourth-order valence-electron chi connectivity index (χ4n) is 2.96. The summed E-state index contributed by atoms with van der Waals surface area (Å²) in [6.45, 7) is 5.34. The van der Waals surface area contributed by atoms with Crippen LogP contribution >= 0.6 is 66.8 Å². The molecular weight excluding hydrogens is 603 g/mol. The minimum atomic E-state index is -0.0633. The molecule has 0 N–H and O–H groups in total. The number of carbonyl (C=O) groups excluding carboxylic acids is 1. The summed E-state index contributed by atoms with van der Waals surface area (Å²) >= 11 is 20.7. The summed E-state index contributed by atoms with van der Waals surface area (Å²) in [4.78, 5) is 19.5. The molecule has 0 aliphatic carbocycles. The van der Waals surface area contributed by atoms with E-state index in [9.17, 15) is 4.79 Å². The quantitative estimate of drug-likeness (QED) is 0.302. The van der Waals surface area contributed by atoms with Crippen LogP contribution in [-0.2, 0) is 11.4 Å². The molecule has 1 saturated heterocycles. The largest absolute Gasteiger partial charge is 0.493 e. The van der Waals surface area contributed by atoms with E-state index in [1.807, 2.05) is 32.1 Å². The van der Waals surface area contributed by atoms with Crippen LogP contribution in [0.15, 0.2) is 43.1 Å². The van der Waals surface area contributed by atoms with Crippen molar-refractivity contribution in [3.63, 3.8) is 0 Å². The summed E-state index contributed by atoms with van der Waals surface area (Å²) in [5, 5.41) is 1.67. The number of likely N-dealkylation sites (N-methyl/N-ethyl adjacent to an activating group) is 1. The fourth-order valence-corrected chi connectivity index (χ4v) is 5.33. The number of aliphatic imine (C=N–C) groups is 1. The highest BCUT2D eigenvalue weighted by atomic mass is 79.9. The Hall–Kier alpha value is -1.19. The van der Waals surface area contributed by atoms with Gasteiger partial charge in [-0.25, -0.2) is 0 Å². The van der Waals surface area contributed by atoms with E-state index in [0.717, 1.165) is 20.8 Å². The number of amides is 1. The number of amidine groups is 1. The van der Waals surface area contributed by atoms with Gasteiger partial charge in [-0.1, -0.05) is 29.3 Å². The predicted octanol–water partition coefficient (Wildman–Crippen LogP) is 7.42. The number of hydrogen-bond donors (Lipinski definition) is 0. The van der Waals surface area contributed by atoms with Crippen molar-refractivity contribution in [1.82, 2.24) is 4.90 Å². The van der Waals surface area contributed by atoms with Gasteiger partial charge < -0.3 is 9.47 Å². The Morgan fingerprint density at radius 1 is 1.16 bits per heavy atom. The first kappa shape index (κ1) is 25.4. The van der Waals surface area contributed by atoms with Crippen molar-refractivity contribution in [2.45, 2.75) is 20.5 Å². The first-order valence-electron chi connectivity index (χ1n) is 9.69. The molecule has 10 heteroatoms. The molecule has 1 fully saturated rings.